The molecule has 14 heavy (non-hydrogen) atoms. The van der Waals surface area contributed by atoms with E-state index in [1.807, 2.05) is 6.07 Å². The van der Waals surface area contributed by atoms with Crippen molar-refractivity contribution in [2.24, 2.45) is 5.73 Å². The minimum absolute atomic E-state index is 0.0213. The number of nitrogens with zero attached hydrogens (tertiary/aromatic N) is 1. The average Bonchev–Trinajstić information content (AvgIpc) is 2.16. The van der Waals surface area contributed by atoms with E-state index in [0.717, 1.165) is 5.56 Å². The Morgan fingerprint density at radius 3 is 2.71 bits per heavy atom. The van der Waals surface area contributed by atoms with Crippen LogP contribution in [0.15, 0.2) is 12.1 Å². The molecule has 1 aromatic rings. The van der Waals surface area contributed by atoms with E-state index in [-0.39, 0.29) is 17.7 Å². The zero-order chi connectivity index (χ0) is 10.7. The quantitative estimate of drug-likeness (QED) is 0.728. The van der Waals surface area contributed by atoms with Crippen LogP contribution in [0.2, 0.25) is 0 Å². The molecule has 0 aromatic heterocycles. The van der Waals surface area contributed by atoms with Crippen LogP contribution < -0.4 is 5.73 Å². The number of carboxylic acid groups (broad SMARTS) is 1. The molecule has 72 valence electrons. The van der Waals surface area contributed by atoms with Gasteiger partial charge in [0.15, 0.2) is 0 Å². The fourth-order valence-corrected chi connectivity index (χ4v) is 1.30. The van der Waals surface area contributed by atoms with Crippen molar-refractivity contribution in [3.05, 3.63) is 34.4 Å². The molecular formula is C10H10N2O2. The monoisotopic (exact) mass is 190 g/mol. The van der Waals surface area contributed by atoms with Crippen molar-refractivity contribution in [3.63, 3.8) is 0 Å². The normalized spacial score (nSPS) is 9.50. The summed E-state index contributed by atoms with van der Waals surface area (Å²) in [5.41, 5.74) is 7.00. The fraction of sp³-hybridized carbons (Fsp3) is 0.200. The second-order valence-electron chi connectivity index (χ2n) is 2.96. The molecule has 0 spiro atoms. The maximum absolute atomic E-state index is 10.8. The molecule has 4 heteroatoms. The molecular weight excluding hydrogens is 180 g/mol. The second kappa shape index (κ2) is 3.90. The van der Waals surface area contributed by atoms with Crippen LogP contribution in [0.1, 0.15) is 27.0 Å². The summed E-state index contributed by atoms with van der Waals surface area (Å²) in [6.07, 6.45) is 0. The first-order valence-corrected chi connectivity index (χ1v) is 4.07. The standard InChI is InChI=1S/C10H10N2O2/c1-6-2-7(4-11)3-8(10(13)14)9(6)5-12/h2-3H,4,11H2,1H3,(H,13,14). The molecule has 0 saturated carbocycles. The third kappa shape index (κ3) is 1.73. The summed E-state index contributed by atoms with van der Waals surface area (Å²) in [5, 5.41) is 17.6. The van der Waals surface area contributed by atoms with Gasteiger partial charge in [-0.3, -0.25) is 0 Å². The lowest BCUT2D eigenvalue weighted by Crippen LogP contribution is -2.06. The van der Waals surface area contributed by atoms with Crippen LogP contribution in [0.5, 0.6) is 0 Å². The van der Waals surface area contributed by atoms with Crippen LogP contribution in [0.4, 0.5) is 0 Å². The van der Waals surface area contributed by atoms with Gasteiger partial charge < -0.3 is 10.8 Å². The van der Waals surface area contributed by atoms with E-state index in [1.54, 1.807) is 13.0 Å². The zero-order valence-electron chi connectivity index (χ0n) is 7.74. The maximum Gasteiger partial charge on any atom is 0.337 e. The highest BCUT2D eigenvalue weighted by Gasteiger charge is 2.13. The predicted molar refractivity (Wildman–Crippen MR) is 50.7 cm³/mol. The number of nitrogens with two attached hydrogens (primary N) is 1. The maximum atomic E-state index is 10.8. The number of nitriles is 1. The Morgan fingerprint density at radius 2 is 2.29 bits per heavy atom. The Morgan fingerprint density at radius 1 is 1.64 bits per heavy atom. The van der Waals surface area contributed by atoms with Crippen molar-refractivity contribution in [3.8, 4) is 6.07 Å². The van der Waals surface area contributed by atoms with E-state index >= 15 is 0 Å². The van der Waals surface area contributed by atoms with E-state index in [1.165, 1.54) is 6.07 Å². The van der Waals surface area contributed by atoms with E-state index in [4.69, 9.17) is 16.1 Å². The number of hydrogen-bond acceptors (Lipinski definition) is 3. The largest absolute Gasteiger partial charge is 0.478 e. The molecule has 0 amide bonds. The summed E-state index contributed by atoms with van der Waals surface area (Å²) in [4.78, 5) is 10.8. The van der Waals surface area contributed by atoms with E-state index in [9.17, 15) is 4.79 Å². The lowest BCUT2D eigenvalue weighted by atomic mass is 9.99. The molecule has 0 aliphatic rings. The lowest BCUT2D eigenvalue weighted by molar-refractivity contribution is 0.0696. The molecule has 0 bridgehead atoms. The van der Waals surface area contributed by atoms with Crippen LogP contribution in [0.3, 0.4) is 0 Å². The van der Waals surface area contributed by atoms with Crippen LogP contribution >= 0.6 is 0 Å². The Hall–Kier alpha value is -1.86. The van der Waals surface area contributed by atoms with Gasteiger partial charge in [-0.15, -0.1) is 0 Å². The summed E-state index contributed by atoms with van der Waals surface area (Å²) < 4.78 is 0. The van der Waals surface area contributed by atoms with Gasteiger partial charge in [0.1, 0.15) is 6.07 Å². The zero-order valence-corrected chi connectivity index (χ0v) is 7.74. The molecule has 4 nitrogen and oxygen atoms in total. The number of carbonyl (C=O) groups is 1. The summed E-state index contributed by atoms with van der Waals surface area (Å²) in [6, 6.07) is 5.04. The summed E-state index contributed by atoms with van der Waals surface area (Å²) >= 11 is 0. The van der Waals surface area contributed by atoms with Crippen molar-refractivity contribution in [2.45, 2.75) is 13.5 Å². The van der Waals surface area contributed by atoms with Crippen molar-refractivity contribution in [2.75, 3.05) is 0 Å². The molecule has 0 aliphatic carbocycles. The number of rotatable bonds is 2. The van der Waals surface area contributed by atoms with Gasteiger partial charge in [0, 0.05) is 6.54 Å². The fourth-order valence-electron chi connectivity index (χ4n) is 1.30. The Balaban J connectivity index is 3.45. The van der Waals surface area contributed by atoms with Gasteiger partial charge in [-0.25, -0.2) is 4.79 Å². The highest BCUT2D eigenvalue weighted by molar-refractivity contribution is 5.91. The first kappa shape index (κ1) is 10.2. The van der Waals surface area contributed by atoms with Crippen molar-refractivity contribution < 1.29 is 9.90 Å². The Bertz CT molecular complexity index is 419. The lowest BCUT2D eigenvalue weighted by Gasteiger charge is -2.05. The highest BCUT2D eigenvalue weighted by atomic mass is 16.4. The molecule has 0 atom stereocenters. The molecule has 0 saturated heterocycles. The van der Waals surface area contributed by atoms with Crippen molar-refractivity contribution >= 4 is 5.97 Å². The molecule has 0 aliphatic heterocycles. The summed E-state index contributed by atoms with van der Waals surface area (Å²) in [6.45, 7) is 1.97. The van der Waals surface area contributed by atoms with Gasteiger partial charge in [-0.05, 0) is 24.1 Å². The third-order valence-corrected chi connectivity index (χ3v) is 1.97. The van der Waals surface area contributed by atoms with Crippen LogP contribution in [-0.2, 0) is 6.54 Å². The van der Waals surface area contributed by atoms with Crippen molar-refractivity contribution in [1.82, 2.24) is 0 Å². The predicted octanol–water partition coefficient (Wildman–Crippen LogP) is 1.02. The van der Waals surface area contributed by atoms with Crippen LogP contribution in [-0.4, -0.2) is 11.1 Å². The van der Waals surface area contributed by atoms with Crippen LogP contribution in [0.25, 0.3) is 0 Å². The minimum Gasteiger partial charge on any atom is -0.478 e. The molecule has 1 rings (SSSR count). The molecule has 3 N–H and O–H groups in total. The van der Waals surface area contributed by atoms with E-state index in [0.29, 0.717) is 5.56 Å². The molecule has 0 heterocycles. The highest BCUT2D eigenvalue weighted by Crippen LogP contribution is 2.16. The van der Waals surface area contributed by atoms with E-state index < -0.39 is 5.97 Å². The smallest absolute Gasteiger partial charge is 0.337 e. The first-order valence-electron chi connectivity index (χ1n) is 4.07. The SMILES string of the molecule is Cc1cc(CN)cc(C(=O)O)c1C#N. The number of aromatic carboxylic acids is 1. The van der Waals surface area contributed by atoms with Gasteiger partial charge in [-0.1, -0.05) is 6.07 Å². The second-order valence-corrected chi connectivity index (χ2v) is 2.96. The number of hydrogen-bond donors (Lipinski definition) is 2. The van der Waals surface area contributed by atoms with Gasteiger partial charge >= 0.3 is 5.97 Å². The van der Waals surface area contributed by atoms with Crippen molar-refractivity contribution in [1.29, 1.82) is 5.26 Å². The topological polar surface area (TPSA) is 87.1 Å². The Labute approximate surface area is 81.6 Å². The number of benzene rings is 1. The molecule has 0 radical (unpaired) electrons. The summed E-state index contributed by atoms with van der Waals surface area (Å²) in [7, 11) is 0. The average molecular weight is 190 g/mol. The van der Waals surface area contributed by atoms with Gasteiger partial charge in [0.2, 0.25) is 0 Å². The molecule has 1 aromatic carbocycles. The van der Waals surface area contributed by atoms with Crippen LogP contribution in [0, 0.1) is 18.3 Å². The van der Waals surface area contributed by atoms with Gasteiger partial charge in [0.05, 0.1) is 11.1 Å². The molecule has 0 fully saturated rings. The minimum atomic E-state index is -1.10. The first-order chi connectivity index (χ1) is 6.60. The molecule has 0 unspecified atom stereocenters. The summed E-state index contributed by atoms with van der Waals surface area (Å²) in [5.74, 6) is -1.10. The van der Waals surface area contributed by atoms with Gasteiger partial charge in [-0.2, -0.15) is 5.26 Å². The number of aryl methyl sites for hydroxylation is 1. The number of carboxylic acids is 1. The van der Waals surface area contributed by atoms with E-state index in [2.05, 4.69) is 0 Å². The van der Waals surface area contributed by atoms with Gasteiger partial charge in [0.25, 0.3) is 0 Å². The Kier molecular flexibility index (Phi) is 2.85. The third-order valence-electron chi connectivity index (χ3n) is 1.97.